The van der Waals surface area contributed by atoms with E-state index >= 15 is 0 Å². The number of hydrogen-bond acceptors (Lipinski definition) is 4. The van der Waals surface area contributed by atoms with E-state index in [-0.39, 0.29) is 5.90 Å². The van der Waals surface area contributed by atoms with Crippen molar-refractivity contribution in [2.24, 2.45) is 0 Å². The molecule has 0 aromatic carbocycles. The van der Waals surface area contributed by atoms with Crippen molar-refractivity contribution in [1.29, 1.82) is 5.41 Å². The standard InChI is InChI=1S/C6H8N2OS/c1-2-9-6(7)5-3-10-4-8-5/h3-4,7H,2H2,1H3. The molecule has 0 bridgehead atoms. The van der Waals surface area contributed by atoms with Gasteiger partial charge in [0.1, 0.15) is 5.69 Å². The van der Waals surface area contributed by atoms with Gasteiger partial charge in [-0.1, -0.05) is 0 Å². The highest BCUT2D eigenvalue weighted by atomic mass is 32.1. The maximum atomic E-state index is 7.27. The van der Waals surface area contributed by atoms with Gasteiger partial charge in [0.05, 0.1) is 12.1 Å². The van der Waals surface area contributed by atoms with Crippen molar-refractivity contribution < 1.29 is 4.74 Å². The van der Waals surface area contributed by atoms with Crippen molar-refractivity contribution in [1.82, 2.24) is 4.98 Å². The number of rotatable bonds is 2. The van der Waals surface area contributed by atoms with Gasteiger partial charge in [0.15, 0.2) is 0 Å². The quantitative estimate of drug-likeness (QED) is 0.521. The van der Waals surface area contributed by atoms with E-state index in [9.17, 15) is 0 Å². The highest BCUT2D eigenvalue weighted by Gasteiger charge is 2.01. The fraction of sp³-hybridized carbons (Fsp3) is 0.333. The normalized spacial score (nSPS) is 9.30. The van der Waals surface area contributed by atoms with Gasteiger partial charge in [-0.05, 0) is 6.92 Å². The van der Waals surface area contributed by atoms with Crippen LogP contribution in [-0.2, 0) is 4.74 Å². The van der Waals surface area contributed by atoms with Gasteiger partial charge in [-0.2, -0.15) is 0 Å². The molecule has 0 fully saturated rings. The molecule has 1 aromatic rings. The van der Waals surface area contributed by atoms with E-state index in [0.29, 0.717) is 12.3 Å². The summed E-state index contributed by atoms with van der Waals surface area (Å²) in [6, 6.07) is 0. The summed E-state index contributed by atoms with van der Waals surface area (Å²) in [6.45, 7) is 2.37. The van der Waals surface area contributed by atoms with E-state index in [0.717, 1.165) is 0 Å². The topological polar surface area (TPSA) is 46.0 Å². The molecule has 1 aromatic heterocycles. The van der Waals surface area contributed by atoms with Crippen LogP contribution in [0.3, 0.4) is 0 Å². The Hall–Kier alpha value is -0.900. The van der Waals surface area contributed by atoms with Crippen molar-refractivity contribution in [3.05, 3.63) is 16.6 Å². The Kier molecular flexibility index (Phi) is 2.39. The summed E-state index contributed by atoms with van der Waals surface area (Å²) in [5.41, 5.74) is 2.30. The van der Waals surface area contributed by atoms with Gasteiger partial charge in [0.2, 0.25) is 5.90 Å². The third-order valence-corrected chi connectivity index (χ3v) is 1.54. The van der Waals surface area contributed by atoms with Gasteiger partial charge in [0, 0.05) is 5.38 Å². The van der Waals surface area contributed by atoms with E-state index in [1.807, 2.05) is 6.92 Å². The van der Waals surface area contributed by atoms with Gasteiger partial charge in [-0.25, -0.2) is 4.98 Å². The predicted octanol–water partition coefficient (Wildman–Crippen LogP) is 1.50. The molecule has 4 heteroatoms. The molecule has 0 unspecified atom stereocenters. The molecule has 0 spiro atoms. The Balaban J connectivity index is 2.59. The number of nitrogens with zero attached hydrogens (tertiary/aromatic N) is 1. The molecule has 0 radical (unpaired) electrons. The minimum atomic E-state index is 0.156. The van der Waals surface area contributed by atoms with Gasteiger partial charge < -0.3 is 4.74 Å². The molecule has 54 valence electrons. The summed E-state index contributed by atoms with van der Waals surface area (Å²) in [7, 11) is 0. The van der Waals surface area contributed by atoms with Crippen LogP contribution in [0.15, 0.2) is 10.9 Å². The van der Waals surface area contributed by atoms with Crippen LogP contribution in [-0.4, -0.2) is 17.5 Å². The molecule has 1 heterocycles. The van der Waals surface area contributed by atoms with Gasteiger partial charge >= 0.3 is 0 Å². The first-order valence-electron chi connectivity index (χ1n) is 2.94. The number of nitrogens with one attached hydrogen (secondary N) is 1. The number of hydrogen-bond donors (Lipinski definition) is 1. The first-order valence-corrected chi connectivity index (χ1v) is 3.88. The van der Waals surface area contributed by atoms with E-state index < -0.39 is 0 Å². The zero-order valence-electron chi connectivity index (χ0n) is 5.63. The summed E-state index contributed by atoms with van der Waals surface area (Å²) in [5, 5.41) is 9.06. The summed E-state index contributed by atoms with van der Waals surface area (Å²) in [5.74, 6) is 0.156. The maximum Gasteiger partial charge on any atom is 0.233 e. The molecule has 0 atom stereocenters. The van der Waals surface area contributed by atoms with Crippen LogP contribution >= 0.6 is 11.3 Å². The van der Waals surface area contributed by atoms with Crippen LogP contribution in [0, 0.1) is 5.41 Å². The smallest absolute Gasteiger partial charge is 0.233 e. The second-order valence-corrected chi connectivity index (χ2v) is 2.35. The van der Waals surface area contributed by atoms with E-state index in [2.05, 4.69) is 4.98 Å². The fourth-order valence-electron chi connectivity index (χ4n) is 0.543. The molecule has 0 amide bonds. The lowest BCUT2D eigenvalue weighted by Gasteiger charge is -1.98. The van der Waals surface area contributed by atoms with Crippen LogP contribution < -0.4 is 0 Å². The van der Waals surface area contributed by atoms with Gasteiger partial charge in [-0.3, -0.25) is 5.41 Å². The first kappa shape index (κ1) is 7.21. The second kappa shape index (κ2) is 3.31. The van der Waals surface area contributed by atoms with Crippen LogP contribution in [0.5, 0.6) is 0 Å². The Morgan fingerprint density at radius 1 is 1.90 bits per heavy atom. The largest absolute Gasteiger partial charge is 0.477 e. The minimum absolute atomic E-state index is 0.156. The summed E-state index contributed by atoms with van der Waals surface area (Å²) in [4.78, 5) is 3.90. The molecule has 0 aliphatic carbocycles. The molecule has 10 heavy (non-hydrogen) atoms. The van der Waals surface area contributed by atoms with Crippen molar-refractivity contribution in [3.8, 4) is 0 Å². The van der Waals surface area contributed by atoms with E-state index in [1.54, 1.807) is 10.9 Å². The highest BCUT2D eigenvalue weighted by molar-refractivity contribution is 7.07. The first-order chi connectivity index (χ1) is 4.84. The zero-order valence-corrected chi connectivity index (χ0v) is 6.44. The highest BCUT2D eigenvalue weighted by Crippen LogP contribution is 2.01. The molecule has 0 aliphatic rings. The Morgan fingerprint density at radius 2 is 2.70 bits per heavy atom. The summed E-state index contributed by atoms with van der Waals surface area (Å²) in [6.07, 6.45) is 0. The van der Waals surface area contributed by atoms with Crippen molar-refractivity contribution in [2.75, 3.05) is 6.61 Å². The van der Waals surface area contributed by atoms with Crippen LogP contribution in [0.4, 0.5) is 0 Å². The maximum absolute atomic E-state index is 7.27. The second-order valence-electron chi connectivity index (χ2n) is 1.64. The van der Waals surface area contributed by atoms with Gasteiger partial charge in [0.25, 0.3) is 0 Å². The molecule has 1 rings (SSSR count). The van der Waals surface area contributed by atoms with E-state index in [4.69, 9.17) is 10.1 Å². The van der Waals surface area contributed by atoms with Gasteiger partial charge in [-0.15, -0.1) is 11.3 Å². The minimum Gasteiger partial charge on any atom is -0.477 e. The Bertz CT molecular complexity index is 208. The molecule has 0 saturated carbocycles. The fourth-order valence-corrected chi connectivity index (χ4v) is 1.08. The SMILES string of the molecule is CCOC(=N)c1cscn1. The summed E-state index contributed by atoms with van der Waals surface area (Å²) >= 11 is 1.46. The number of ether oxygens (including phenoxy) is 1. The van der Waals surface area contributed by atoms with Crippen LogP contribution in [0.1, 0.15) is 12.6 Å². The lowest BCUT2D eigenvalue weighted by atomic mass is 10.5. The average Bonchev–Trinajstić information content (AvgIpc) is 2.38. The average molecular weight is 156 g/mol. The monoisotopic (exact) mass is 156 g/mol. The van der Waals surface area contributed by atoms with Crippen LogP contribution in [0.2, 0.25) is 0 Å². The number of thiazole rings is 1. The zero-order chi connectivity index (χ0) is 7.40. The van der Waals surface area contributed by atoms with Crippen molar-refractivity contribution in [3.63, 3.8) is 0 Å². The molecule has 0 aliphatic heterocycles. The molecule has 3 nitrogen and oxygen atoms in total. The Labute approximate surface area is 63.2 Å². The lowest BCUT2D eigenvalue weighted by molar-refractivity contribution is 0.325. The lowest BCUT2D eigenvalue weighted by Crippen LogP contribution is -2.04. The van der Waals surface area contributed by atoms with E-state index in [1.165, 1.54) is 11.3 Å². The third kappa shape index (κ3) is 1.54. The number of aromatic nitrogens is 1. The molecular weight excluding hydrogens is 148 g/mol. The van der Waals surface area contributed by atoms with Crippen LogP contribution in [0.25, 0.3) is 0 Å². The summed E-state index contributed by atoms with van der Waals surface area (Å²) < 4.78 is 4.91. The molecule has 1 N–H and O–H groups in total. The Morgan fingerprint density at radius 3 is 3.20 bits per heavy atom. The predicted molar refractivity (Wildman–Crippen MR) is 40.6 cm³/mol. The molecular formula is C6H8N2OS. The van der Waals surface area contributed by atoms with Crippen molar-refractivity contribution in [2.45, 2.75) is 6.92 Å². The van der Waals surface area contributed by atoms with Crippen molar-refractivity contribution >= 4 is 17.2 Å². The molecule has 0 saturated heterocycles. The third-order valence-electron chi connectivity index (χ3n) is 0.954.